The molecule has 1 unspecified atom stereocenters. The molecule has 0 aliphatic rings. The number of rotatable bonds is 16. The van der Waals surface area contributed by atoms with Crippen LogP contribution in [-0.4, -0.2) is 21.3 Å². The zero-order valence-electron chi connectivity index (χ0n) is 19.4. The van der Waals surface area contributed by atoms with E-state index >= 15 is 0 Å². The number of unbranched alkanes of at least 4 members (excludes halogenated alkanes) is 7. The Hall–Kier alpha value is -1.42. The Morgan fingerprint density at radius 1 is 0.667 bits per heavy atom. The van der Waals surface area contributed by atoms with Crippen LogP contribution in [0, 0.1) is 0 Å². The highest BCUT2D eigenvalue weighted by Gasteiger charge is 2.43. The van der Waals surface area contributed by atoms with Gasteiger partial charge in [-0.25, -0.2) is 0 Å². The van der Waals surface area contributed by atoms with Crippen molar-refractivity contribution in [2.75, 3.05) is 6.61 Å². The van der Waals surface area contributed by atoms with Gasteiger partial charge >= 0.3 is 8.56 Å². The van der Waals surface area contributed by atoms with E-state index in [0.717, 1.165) is 19.4 Å². The maximum atomic E-state index is 6.92. The summed E-state index contributed by atoms with van der Waals surface area (Å²) in [6.07, 6.45) is 12.6. The predicted molar refractivity (Wildman–Crippen MR) is 132 cm³/mol. The Labute approximate surface area is 186 Å². The van der Waals surface area contributed by atoms with Gasteiger partial charge in [0, 0.05) is 12.7 Å². The minimum Gasteiger partial charge on any atom is -0.388 e. The first-order chi connectivity index (χ1) is 14.7. The largest absolute Gasteiger partial charge is 0.407 e. The Balaban J connectivity index is 2.19. The molecule has 0 heterocycles. The SMILES string of the molecule is CCCCCCCCO[Si](OC(C)CCCCC)(c1ccccc1)c1ccccc1. The summed E-state index contributed by atoms with van der Waals surface area (Å²) in [5.74, 6) is 0. The second-order valence-electron chi connectivity index (χ2n) is 8.39. The summed E-state index contributed by atoms with van der Waals surface area (Å²) in [5.41, 5.74) is 0. The lowest BCUT2D eigenvalue weighted by Crippen LogP contribution is -2.64. The molecule has 0 fully saturated rings. The molecule has 30 heavy (non-hydrogen) atoms. The van der Waals surface area contributed by atoms with Crippen molar-refractivity contribution in [1.29, 1.82) is 0 Å². The molecule has 2 nitrogen and oxygen atoms in total. The van der Waals surface area contributed by atoms with Gasteiger partial charge in [0.25, 0.3) is 0 Å². The molecule has 1 atom stereocenters. The van der Waals surface area contributed by atoms with Gasteiger partial charge in [0.05, 0.1) is 0 Å². The van der Waals surface area contributed by atoms with Gasteiger partial charge in [0.2, 0.25) is 0 Å². The van der Waals surface area contributed by atoms with E-state index in [1.165, 1.54) is 61.7 Å². The van der Waals surface area contributed by atoms with E-state index in [1.807, 2.05) is 0 Å². The lowest BCUT2D eigenvalue weighted by Gasteiger charge is -2.34. The van der Waals surface area contributed by atoms with Crippen molar-refractivity contribution in [3.63, 3.8) is 0 Å². The third-order valence-electron chi connectivity index (χ3n) is 5.69. The molecule has 0 spiro atoms. The molecule has 0 aromatic heterocycles. The second-order valence-corrected chi connectivity index (χ2v) is 11.3. The van der Waals surface area contributed by atoms with E-state index in [-0.39, 0.29) is 6.10 Å². The molecular weight excluding hydrogens is 384 g/mol. The van der Waals surface area contributed by atoms with E-state index < -0.39 is 8.56 Å². The topological polar surface area (TPSA) is 18.5 Å². The molecule has 0 amide bonds. The highest BCUT2D eigenvalue weighted by Crippen LogP contribution is 2.17. The third kappa shape index (κ3) is 8.01. The van der Waals surface area contributed by atoms with Gasteiger partial charge in [0.1, 0.15) is 0 Å². The fourth-order valence-corrected chi connectivity index (χ4v) is 7.33. The van der Waals surface area contributed by atoms with Crippen LogP contribution in [0.15, 0.2) is 60.7 Å². The van der Waals surface area contributed by atoms with Crippen molar-refractivity contribution in [3.8, 4) is 0 Å². The number of benzene rings is 2. The van der Waals surface area contributed by atoms with Gasteiger partial charge in [0.15, 0.2) is 0 Å². The van der Waals surface area contributed by atoms with E-state index in [2.05, 4.69) is 81.4 Å². The van der Waals surface area contributed by atoms with Crippen molar-refractivity contribution in [3.05, 3.63) is 60.7 Å². The summed E-state index contributed by atoms with van der Waals surface area (Å²) in [7, 11) is -2.75. The van der Waals surface area contributed by atoms with Crippen molar-refractivity contribution >= 4 is 18.9 Å². The minimum atomic E-state index is -2.75. The lowest BCUT2D eigenvalue weighted by atomic mass is 10.1. The van der Waals surface area contributed by atoms with Crippen LogP contribution in [0.3, 0.4) is 0 Å². The normalized spacial score (nSPS) is 12.8. The molecule has 0 saturated heterocycles. The van der Waals surface area contributed by atoms with Crippen LogP contribution in [0.4, 0.5) is 0 Å². The highest BCUT2D eigenvalue weighted by atomic mass is 28.4. The Morgan fingerprint density at radius 3 is 1.73 bits per heavy atom. The smallest absolute Gasteiger partial charge is 0.388 e. The highest BCUT2D eigenvalue weighted by molar-refractivity contribution is 6.92. The standard InChI is InChI=1S/C27H42O2Si/c1-4-6-8-9-10-18-24-28-30(26-20-14-11-15-21-26,27-22-16-12-17-23-27)29-25(3)19-13-7-5-2/h11-12,14-17,20-23,25H,4-10,13,18-19,24H2,1-3H3. The Morgan fingerprint density at radius 2 is 1.17 bits per heavy atom. The molecule has 0 bridgehead atoms. The molecule has 2 rings (SSSR count). The first-order valence-corrected chi connectivity index (χ1v) is 14.0. The average molecular weight is 427 g/mol. The fraction of sp³-hybridized carbons (Fsp3) is 0.556. The summed E-state index contributed by atoms with van der Waals surface area (Å²) in [6, 6.07) is 21.4. The van der Waals surface area contributed by atoms with Crippen LogP contribution in [0.25, 0.3) is 0 Å². The van der Waals surface area contributed by atoms with Crippen LogP contribution < -0.4 is 10.4 Å². The monoisotopic (exact) mass is 426 g/mol. The molecule has 166 valence electrons. The van der Waals surface area contributed by atoms with Gasteiger partial charge < -0.3 is 8.85 Å². The predicted octanol–water partition coefficient (Wildman–Crippen LogP) is 6.61. The maximum absolute atomic E-state index is 6.92. The van der Waals surface area contributed by atoms with Crippen molar-refractivity contribution in [2.24, 2.45) is 0 Å². The van der Waals surface area contributed by atoms with Crippen molar-refractivity contribution in [2.45, 2.75) is 91.1 Å². The van der Waals surface area contributed by atoms with Crippen molar-refractivity contribution in [1.82, 2.24) is 0 Å². The number of hydrogen-bond acceptors (Lipinski definition) is 2. The molecule has 0 radical (unpaired) electrons. The van der Waals surface area contributed by atoms with Crippen LogP contribution in [0.5, 0.6) is 0 Å². The molecule has 0 saturated carbocycles. The van der Waals surface area contributed by atoms with E-state index in [9.17, 15) is 0 Å². The molecule has 2 aromatic carbocycles. The molecule has 0 N–H and O–H groups in total. The van der Waals surface area contributed by atoms with E-state index in [0.29, 0.717) is 0 Å². The summed E-state index contributed by atoms with van der Waals surface area (Å²) in [6.45, 7) is 7.51. The molecule has 3 heteroatoms. The van der Waals surface area contributed by atoms with Gasteiger partial charge in [-0.15, -0.1) is 0 Å². The summed E-state index contributed by atoms with van der Waals surface area (Å²) < 4.78 is 13.7. The first-order valence-electron chi connectivity index (χ1n) is 12.2. The summed E-state index contributed by atoms with van der Waals surface area (Å²) >= 11 is 0. The second kappa shape index (κ2) is 14.6. The van der Waals surface area contributed by atoms with Gasteiger partial charge in [-0.2, -0.15) is 0 Å². The summed E-state index contributed by atoms with van der Waals surface area (Å²) in [5, 5.41) is 2.43. The third-order valence-corrected chi connectivity index (χ3v) is 9.22. The maximum Gasteiger partial charge on any atom is 0.407 e. The van der Waals surface area contributed by atoms with Gasteiger partial charge in [-0.05, 0) is 30.1 Å². The summed E-state index contributed by atoms with van der Waals surface area (Å²) in [4.78, 5) is 0. The molecule has 2 aromatic rings. The molecular formula is C27H42O2Si. The van der Waals surface area contributed by atoms with Crippen LogP contribution in [0.1, 0.15) is 85.0 Å². The van der Waals surface area contributed by atoms with Crippen molar-refractivity contribution < 1.29 is 8.85 Å². The molecule has 0 aliphatic carbocycles. The first kappa shape index (κ1) is 24.8. The fourth-order valence-electron chi connectivity index (χ4n) is 3.94. The zero-order valence-corrected chi connectivity index (χ0v) is 20.4. The Kier molecular flexibility index (Phi) is 12.1. The average Bonchev–Trinajstić information content (AvgIpc) is 2.79. The van der Waals surface area contributed by atoms with Crippen LogP contribution in [0.2, 0.25) is 0 Å². The van der Waals surface area contributed by atoms with E-state index in [4.69, 9.17) is 8.85 Å². The minimum absolute atomic E-state index is 0.188. The van der Waals surface area contributed by atoms with Crippen LogP contribution >= 0.6 is 0 Å². The molecule has 0 aliphatic heterocycles. The zero-order chi connectivity index (χ0) is 21.5. The van der Waals surface area contributed by atoms with E-state index in [1.54, 1.807) is 0 Å². The quantitative estimate of drug-likeness (QED) is 0.222. The Bertz CT molecular complexity index is 620. The lowest BCUT2D eigenvalue weighted by molar-refractivity contribution is 0.132. The van der Waals surface area contributed by atoms with Gasteiger partial charge in [-0.1, -0.05) is 126 Å². The number of hydrogen-bond donors (Lipinski definition) is 0. The van der Waals surface area contributed by atoms with Gasteiger partial charge in [-0.3, -0.25) is 0 Å². The van der Waals surface area contributed by atoms with Crippen LogP contribution in [-0.2, 0) is 8.85 Å².